The Morgan fingerprint density at radius 3 is 2.09 bits per heavy atom. The van der Waals surface area contributed by atoms with Gasteiger partial charge in [0.2, 0.25) is 0 Å². The van der Waals surface area contributed by atoms with Gasteiger partial charge in [0.15, 0.2) is 0 Å². The maximum atomic E-state index is 12.3. The third kappa shape index (κ3) is 2.34. The lowest BCUT2D eigenvalue weighted by Crippen LogP contribution is -2.68. The maximum Gasteiger partial charge on any atom is 0.311 e. The summed E-state index contributed by atoms with van der Waals surface area (Å²) in [5, 5.41) is 23.2. The second kappa shape index (κ2) is 5.96. The van der Waals surface area contributed by atoms with Gasteiger partial charge in [0.05, 0.1) is 10.8 Å². The van der Waals surface area contributed by atoms with E-state index >= 15 is 0 Å². The fourth-order valence-electron chi connectivity index (χ4n) is 4.30. The highest BCUT2D eigenvalue weighted by atomic mass is 16.4. The predicted molar refractivity (Wildman–Crippen MR) is 87.3 cm³/mol. The van der Waals surface area contributed by atoms with Gasteiger partial charge in [-0.2, -0.15) is 0 Å². The van der Waals surface area contributed by atoms with Crippen LogP contribution in [0, 0.1) is 10.8 Å². The molecule has 1 aromatic carbocycles. The number of nitrogens with one attached hydrogen (secondary N) is 1. The monoisotopic (exact) mass is 319 g/mol. The molecule has 1 aliphatic heterocycles. The summed E-state index contributed by atoms with van der Waals surface area (Å²) in [7, 11) is 0. The van der Waals surface area contributed by atoms with Crippen LogP contribution in [0.3, 0.4) is 0 Å². The van der Waals surface area contributed by atoms with E-state index in [1.165, 1.54) is 0 Å². The zero-order valence-corrected chi connectivity index (χ0v) is 14.0. The van der Waals surface area contributed by atoms with Crippen molar-refractivity contribution in [1.82, 2.24) is 5.32 Å². The first-order valence-corrected chi connectivity index (χ1v) is 8.00. The van der Waals surface area contributed by atoms with Gasteiger partial charge in [0, 0.05) is 18.0 Å². The van der Waals surface area contributed by atoms with E-state index in [0.29, 0.717) is 6.42 Å². The highest BCUT2D eigenvalue weighted by molar-refractivity contribution is 5.83. The summed E-state index contributed by atoms with van der Waals surface area (Å²) in [6.45, 7) is 7.14. The molecule has 5 nitrogen and oxygen atoms in total. The van der Waals surface area contributed by atoms with E-state index in [1.54, 1.807) is 6.92 Å². The molecule has 0 radical (unpaired) electrons. The van der Waals surface area contributed by atoms with E-state index in [2.05, 4.69) is 5.32 Å². The lowest BCUT2D eigenvalue weighted by molar-refractivity contribution is -0.170. The van der Waals surface area contributed by atoms with Crippen LogP contribution in [0.1, 0.15) is 45.6 Å². The molecule has 23 heavy (non-hydrogen) atoms. The van der Waals surface area contributed by atoms with Crippen molar-refractivity contribution < 1.29 is 19.8 Å². The lowest BCUT2D eigenvalue weighted by Gasteiger charge is -2.56. The Labute approximate surface area is 136 Å². The summed E-state index contributed by atoms with van der Waals surface area (Å²) in [6, 6.07) is 8.50. The van der Waals surface area contributed by atoms with Crippen LogP contribution in [0.15, 0.2) is 30.3 Å². The molecule has 1 aliphatic rings. The zero-order chi connectivity index (χ0) is 17.4. The van der Waals surface area contributed by atoms with Crippen molar-refractivity contribution in [2.24, 2.45) is 10.8 Å². The maximum absolute atomic E-state index is 12.3. The van der Waals surface area contributed by atoms with Gasteiger partial charge in [0.25, 0.3) is 0 Å². The largest absolute Gasteiger partial charge is 0.481 e. The first-order valence-electron chi connectivity index (χ1n) is 8.00. The summed E-state index contributed by atoms with van der Waals surface area (Å²) >= 11 is 0. The number of aliphatic carboxylic acids is 2. The summed E-state index contributed by atoms with van der Waals surface area (Å²) in [6.07, 6.45) is 0.353. The molecular weight excluding hydrogens is 294 g/mol. The molecule has 0 saturated carbocycles. The van der Waals surface area contributed by atoms with Gasteiger partial charge in [-0.15, -0.1) is 0 Å². The van der Waals surface area contributed by atoms with E-state index in [1.807, 2.05) is 51.1 Å². The first kappa shape index (κ1) is 17.5. The molecule has 1 saturated heterocycles. The van der Waals surface area contributed by atoms with Crippen molar-refractivity contribution in [1.29, 1.82) is 0 Å². The fraction of sp³-hybridized carbons (Fsp3) is 0.556. The number of carbonyl (C=O) groups is 2. The van der Waals surface area contributed by atoms with Gasteiger partial charge in [-0.05, 0) is 32.8 Å². The van der Waals surface area contributed by atoms with Crippen LogP contribution in [0.2, 0.25) is 0 Å². The smallest absolute Gasteiger partial charge is 0.311 e. The van der Waals surface area contributed by atoms with Gasteiger partial charge in [0.1, 0.15) is 0 Å². The molecule has 5 heteroatoms. The van der Waals surface area contributed by atoms with Crippen molar-refractivity contribution in [3.63, 3.8) is 0 Å². The summed E-state index contributed by atoms with van der Waals surface area (Å²) in [5.74, 6) is -2.55. The number of rotatable bonds is 4. The van der Waals surface area contributed by atoms with E-state index in [4.69, 9.17) is 0 Å². The Balaban J connectivity index is 2.79. The second-order valence-electron chi connectivity index (χ2n) is 6.74. The average Bonchev–Trinajstić information content (AvgIpc) is 2.50. The van der Waals surface area contributed by atoms with Crippen LogP contribution in [0.25, 0.3) is 0 Å². The molecule has 1 aromatic rings. The number of carboxylic acid groups (broad SMARTS) is 2. The quantitative estimate of drug-likeness (QED) is 0.794. The highest BCUT2D eigenvalue weighted by Gasteiger charge is 2.64. The Kier molecular flexibility index (Phi) is 4.53. The first-order chi connectivity index (χ1) is 10.7. The van der Waals surface area contributed by atoms with Crippen molar-refractivity contribution in [3.05, 3.63) is 35.9 Å². The summed E-state index contributed by atoms with van der Waals surface area (Å²) in [4.78, 5) is 24.5. The lowest BCUT2D eigenvalue weighted by atomic mass is 9.51. The third-order valence-corrected chi connectivity index (χ3v) is 5.86. The van der Waals surface area contributed by atoms with Crippen molar-refractivity contribution in [2.75, 3.05) is 0 Å². The van der Waals surface area contributed by atoms with Gasteiger partial charge in [-0.25, -0.2) is 0 Å². The van der Waals surface area contributed by atoms with Crippen LogP contribution in [-0.2, 0) is 9.59 Å². The van der Waals surface area contributed by atoms with Gasteiger partial charge in [-0.1, -0.05) is 37.3 Å². The summed E-state index contributed by atoms with van der Waals surface area (Å²) < 4.78 is 0. The number of benzene rings is 1. The molecule has 0 aromatic heterocycles. The molecular formula is C18H25NO4. The summed E-state index contributed by atoms with van der Waals surface area (Å²) in [5.41, 5.74) is -1.63. The molecule has 5 unspecified atom stereocenters. The minimum Gasteiger partial charge on any atom is -0.481 e. The van der Waals surface area contributed by atoms with E-state index < -0.39 is 28.7 Å². The molecule has 3 N–H and O–H groups in total. The topological polar surface area (TPSA) is 86.6 Å². The molecule has 0 amide bonds. The van der Waals surface area contributed by atoms with Crippen molar-refractivity contribution in [2.45, 2.75) is 52.1 Å². The number of hydrogen-bond donors (Lipinski definition) is 3. The Hall–Kier alpha value is -1.88. The van der Waals surface area contributed by atoms with Crippen molar-refractivity contribution >= 4 is 11.9 Å². The SMILES string of the molecule is CCC1(C(=O)O)C(C)NC(C)C(C)(C(=O)O)C1c1ccccc1. The van der Waals surface area contributed by atoms with Crippen LogP contribution in [-0.4, -0.2) is 34.2 Å². The molecule has 0 spiro atoms. The number of hydrogen-bond acceptors (Lipinski definition) is 3. The third-order valence-electron chi connectivity index (χ3n) is 5.86. The van der Waals surface area contributed by atoms with Crippen molar-refractivity contribution in [3.8, 4) is 0 Å². The molecule has 1 heterocycles. The van der Waals surface area contributed by atoms with Crippen LogP contribution >= 0.6 is 0 Å². The Morgan fingerprint density at radius 2 is 1.65 bits per heavy atom. The number of piperidine rings is 1. The second-order valence-corrected chi connectivity index (χ2v) is 6.74. The van der Waals surface area contributed by atoms with Crippen LogP contribution < -0.4 is 5.32 Å². The van der Waals surface area contributed by atoms with Crippen LogP contribution in [0.5, 0.6) is 0 Å². The van der Waals surface area contributed by atoms with E-state index in [9.17, 15) is 19.8 Å². The average molecular weight is 319 g/mol. The van der Waals surface area contributed by atoms with E-state index in [-0.39, 0.29) is 12.1 Å². The molecule has 2 rings (SSSR count). The number of carboxylic acids is 2. The molecule has 0 aliphatic carbocycles. The standard InChI is InChI=1S/C18H25NO4/c1-5-18(16(22)23)12(3)19-11(2)17(4,15(20)21)14(18)13-9-7-6-8-10-13/h6-12,14,19H,5H2,1-4H3,(H,20,21)(H,22,23). The Morgan fingerprint density at radius 1 is 1.09 bits per heavy atom. The highest BCUT2D eigenvalue weighted by Crippen LogP contribution is 2.56. The molecule has 1 fully saturated rings. The minimum atomic E-state index is -1.22. The molecule has 0 bridgehead atoms. The zero-order valence-electron chi connectivity index (χ0n) is 14.0. The minimum absolute atomic E-state index is 0.336. The molecule has 126 valence electrons. The Bertz CT molecular complexity index is 602. The van der Waals surface area contributed by atoms with Gasteiger partial charge < -0.3 is 15.5 Å². The van der Waals surface area contributed by atoms with Gasteiger partial charge in [-0.3, -0.25) is 9.59 Å². The predicted octanol–water partition coefficient (Wildman–Crippen LogP) is 2.72. The normalized spacial score (nSPS) is 37.3. The van der Waals surface area contributed by atoms with Gasteiger partial charge >= 0.3 is 11.9 Å². The fourth-order valence-corrected chi connectivity index (χ4v) is 4.30. The molecule has 5 atom stereocenters. The van der Waals surface area contributed by atoms with Crippen LogP contribution in [0.4, 0.5) is 0 Å². The van der Waals surface area contributed by atoms with E-state index in [0.717, 1.165) is 5.56 Å².